The van der Waals surface area contributed by atoms with Crippen LogP contribution in [0, 0.1) is 18.8 Å². The Balaban J connectivity index is 0.889. The molecule has 4 aliphatic rings. The molecule has 0 bridgehead atoms. The number of rotatable bonds is 20. The largest absolute Gasteiger partial charge is 0.356 e. The maximum atomic E-state index is 13.7. The average Bonchev–Trinajstić information content (AvgIpc) is 3.90. The Morgan fingerprint density at radius 1 is 0.760 bits per heavy atom. The Kier molecular flexibility index (Phi) is 16.5. The van der Waals surface area contributed by atoms with E-state index in [0.29, 0.717) is 44.0 Å². The molecule has 75 heavy (non-hydrogen) atoms. The van der Waals surface area contributed by atoms with Gasteiger partial charge >= 0.3 is 5.97 Å². The number of hydrogen-bond donors (Lipinski definition) is 2. The van der Waals surface area contributed by atoms with Gasteiger partial charge in [0.15, 0.2) is 5.71 Å². The number of nitrogens with one attached hydrogen (secondary N) is 1. The molecule has 4 aromatic rings. The minimum absolute atomic E-state index is 0.0550. The van der Waals surface area contributed by atoms with Crippen LogP contribution in [-0.2, 0) is 56.3 Å². The highest BCUT2D eigenvalue weighted by Gasteiger charge is 2.45. The highest BCUT2D eigenvalue weighted by Crippen LogP contribution is 2.48. The van der Waals surface area contributed by atoms with Crippen LogP contribution in [0.3, 0.4) is 0 Å². The molecular weight excluding hydrogens is 967 g/mol. The minimum Gasteiger partial charge on any atom is -0.356 e. The summed E-state index contributed by atoms with van der Waals surface area (Å²) in [5, 5.41) is 3.54. The Bertz CT molecular complexity index is 3210. The average molecular weight is 1030 g/mol. The van der Waals surface area contributed by atoms with Crippen LogP contribution in [0.4, 0.5) is 17.1 Å². The summed E-state index contributed by atoms with van der Waals surface area (Å²) in [5.74, 6) is 4.66. The number of para-hydroxylation sites is 1. The zero-order valence-electron chi connectivity index (χ0n) is 43.5. The first-order valence-corrected chi connectivity index (χ1v) is 27.3. The molecule has 1 fully saturated rings. The van der Waals surface area contributed by atoms with Crippen LogP contribution in [-0.4, -0.2) is 77.6 Å². The van der Waals surface area contributed by atoms with Gasteiger partial charge in [0, 0.05) is 97.2 Å². The van der Waals surface area contributed by atoms with Crippen LogP contribution in [0.1, 0.15) is 132 Å². The maximum Gasteiger partial charge on any atom is 0.333 e. The summed E-state index contributed by atoms with van der Waals surface area (Å²) in [6, 6.07) is 26.7. The van der Waals surface area contributed by atoms with Crippen molar-refractivity contribution in [2.75, 3.05) is 29.4 Å². The number of aryl methyl sites for hydroxylation is 1. The molecule has 0 atom stereocenters. The van der Waals surface area contributed by atoms with Gasteiger partial charge in [-0.25, -0.2) is 4.79 Å². The highest BCUT2D eigenvalue weighted by atomic mass is 32.2. The summed E-state index contributed by atoms with van der Waals surface area (Å²) >= 11 is 0. The number of nitrogens with zero attached hydrogens (tertiary/aromatic N) is 4. The SMILES string of the molecule is Cc1ccc2c(c1)C(C)(C)C(=CC=CC=CC1=[N+](CCCCCC(=O)NCCC(=O)N3Cc4ccccc4C#Cc4ccccc43)c3ccc(S(=O)(=O)O)cc3C1(C)C)N2CCCCCC(=O)ON1C(=O)CCC1=O. The van der Waals surface area contributed by atoms with E-state index in [2.05, 4.69) is 71.7 Å². The lowest BCUT2D eigenvalue weighted by atomic mass is 9.81. The molecule has 0 aliphatic carbocycles. The number of carbonyl (C=O) groups is 5. The molecule has 14 nitrogen and oxygen atoms in total. The number of benzene rings is 4. The summed E-state index contributed by atoms with van der Waals surface area (Å²) < 4.78 is 36.8. The van der Waals surface area contributed by atoms with Crippen molar-refractivity contribution in [3.8, 4) is 11.8 Å². The second-order valence-electron chi connectivity index (χ2n) is 20.6. The summed E-state index contributed by atoms with van der Waals surface area (Å²) in [6.45, 7) is 12.5. The molecule has 4 aliphatic heterocycles. The van der Waals surface area contributed by atoms with E-state index in [1.54, 1.807) is 17.0 Å². The van der Waals surface area contributed by atoms with E-state index in [0.717, 1.165) is 76.4 Å². The summed E-state index contributed by atoms with van der Waals surface area (Å²) in [5.41, 5.74) is 9.69. The van der Waals surface area contributed by atoms with Gasteiger partial charge in [-0.2, -0.15) is 13.0 Å². The number of allylic oxidation sites excluding steroid dienone is 6. The molecule has 0 unspecified atom stereocenters. The fourth-order valence-corrected chi connectivity index (χ4v) is 10.9. The molecular formula is C60H66N5O9S+. The lowest BCUT2D eigenvalue weighted by Gasteiger charge is -2.27. The third kappa shape index (κ3) is 12.3. The van der Waals surface area contributed by atoms with Crippen molar-refractivity contribution < 1.29 is 46.4 Å². The monoisotopic (exact) mass is 1030 g/mol. The molecule has 8 rings (SSSR count). The molecule has 4 amide bonds. The van der Waals surface area contributed by atoms with Crippen LogP contribution in [0.5, 0.6) is 0 Å². The van der Waals surface area contributed by atoms with Crippen LogP contribution in [0.15, 0.2) is 126 Å². The standard InChI is InChI=1S/C60H65N5O9S/c1-42-27-31-50-47(39-42)59(2,3)52(62(50)38-18-8-12-26-58(70)74-65-56(68)33-34-57(65)69)23-9-6-10-24-53-60(4,5)48-40-46(75(71,72)73)30-32-51(48)63(53)37-17-7-11-25-54(66)61-36-35-55(67)64-41-45-21-14-13-19-43(45)28-29-44-20-15-16-22-49(44)64/h6,9-10,13-16,19-24,27,30-32,39-40H,7-8,11-12,17-18,25-26,33-38,41H2,1-5H3,(H-,61,66,71,72,73)/p+1. The van der Waals surface area contributed by atoms with Gasteiger partial charge in [-0.3, -0.25) is 23.7 Å². The summed E-state index contributed by atoms with van der Waals surface area (Å²) in [6.07, 6.45) is 15.1. The number of unbranched alkanes of at least 4 members (excludes halogenated alkanes) is 4. The molecule has 0 aromatic heterocycles. The molecule has 4 aromatic carbocycles. The van der Waals surface area contributed by atoms with Crippen molar-refractivity contribution in [2.24, 2.45) is 0 Å². The van der Waals surface area contributed by atoms with Gasteiger partial charge in [0.1, 0.15) is 6.54 Å². The number of imide groups is 1. The molecule has 2 N–H and O–H groups in total. The quantitative estimate of drug-likeness (QED) is 0.0217. The zero-order valence-corrected chi connectivity index (χ0v) is 44.3. The number of fused-ring (bicyclic) bond motifs is 4. The molecule has 0 radical (unpaired) electrons. The highest BCUT2D eigenvalue weighted by molar-refractivity contribution is 7.85. The van der Waals surface area contributed by atoms with Crippen LogP contribution in [0.25, 0.3) is 0 Å². The fourth-order valence-electron chi connectivity index (χ4n) is 10.4. The van der Waals surface area contributed by atoms with Crippen LogP contribution in [0.2, 0.25) is 0 Å². The van der Waals surface area contributed by atoms with Crippen molar-refractivity contribution in [3.05, 3.63) is 154 Å². The van der Waals surface area contributed by atoms with E-state index in [1.165, 1.54) is 17.2 Å². The van der Waals surface area contributed by atoms with Crippen molar-refractivity contribution in [2.45, 2.75) is 128 Å². The number of carbonyl (C=O) groups excluding carboxylic acids is 5. The predicted octanol–water partition coefficient (Wildman–Crippen LogP) is 9.59. The van der Waals surface area contributed by atoms with E-state index in [9.17, 15) is 36.9 Å². The molecule has 15 heteroatoms. The van der Waals surface area contributed by atoms with Gasteiger partial charge in [-0.05, 0) is 100 Å². The molecule has 0 spiro atoms. The van der Waals surface area contributed by atoms with Crippen molar-refractivity contribution >= 4 is 62.5 Å². The van der Waals surface area contributed by atoms with Gasteiger partial charge in [0.25, 0.3) is 21.9 Å². The summed E-state index contributed by atoms with van der Waals surface area (Å²) in [4.78, 5) is 71.8. The van der Waals surface area contributed by atoms with Gasteiger partial charge in [0.2, 0.25) is 17.5 Å². The second kappa shape index (κ2) is 23.0. The van der Waals surface area contributed by atoms with Gasteiger partial charge in [-0.1, -0.05) is 98.4 Å². The van der Waals surface area contributed by atoms with Crippen molar-refractivity contribution in [1.82, 2.24) is 10.4 Å². The lowest BCUT2D eigenvalue weighted by Crippen LogP contribution is -2.35. The normalized spacial score (nSPS) is 16.9. The number of hydrogen-bond acceptors (Lipinski definition) is 9. The zero-order chi connectivity index (χ0) is 53.5. The fraction of sp³-hybridized carbons (Fsp3) is 0.367. The summed E-state index contributed by atoms with van der Waals surface area (Å²) in [7, 11) is -4.45. The van der Waals surface area contributed by atoms with E-state index in [4.69, 9.17) is 4.84 Å². The first kappa shape index (κ1) is 53.9. The van der Waals surface area contributed by atoms with E-state index >= 15 is 0 Å². The van der Waals surface area contributed by atoms with Crippen molar-refractivity contribution in [1.29, 1.82) is 0 Å². The number of anilines is 2. The molecule has 1 saturated heterocycles. The van der Waals surface area contributed by atoms with Gasteiger partial charge in [-0.15, -0.1) is 5.06 Å². The Hall–Kier alpha value is -7.41. The predicted molar refractivity (Wildman–Crippen MR) is 289 cm³/mol. The molecule has 4 heterocycles. The first-order chi connectivity index (χ1) is 35.8. The minimum atomic E-state index is -4.45. The third-order valence-electron chi connectivity index (χ3n) is 14.5. The first-order valence-electron chi connectivity index (χ1n) is 25.9. The Morgan fingerprint density at radius 3 is 2.24 bits per heavy atom. The van der Waals surface area contributed by atoms with Crippen LogP contribution >= 0.6 is 0 Å². The number of amides is 4. The Labute approximate surface area is 440 Å². The van der Waals surface area contributed by atoms with E-state index < -0.39 is 33.3 Å². The maximum absolute atomic E-state index is 13.7. The van der Waals surface area contributed by atoms with E-state index in [-0.39, 0.29) is 54.4 Å². The lowest BCUT2D eigenvalue weighted by molar-refractivity contribution is -0.438. The van der Waals surface area contributed by atoms with Crippen molar-refractivity contribution in [3.63, 3.8) is 0 Å². The van der Waals surface area contributed by atoms with Gasteiger partial charge < -0.3 is 20.0 Å². The van der Waals surface area contributed by atoms with Crippen LogP contribution < -0.4 is 15.1 Å². The molecule has 0 saturated carbocycles. The van der Waals surface area contributed by atoms with E-state index in [1.807, 2.05) is 86.7 Å². The smallest absolute Gasteiger partial charge is 0.333 e. The third-order valence-corrected chi connectivity index (χ3v) is 15.4. The Morgan fingerprint density at radius 2 is 1.47 bits per heavy atom. The van der Waals surface area contributed by atoms with Gasteiger partial charge in [0.05, 0.1) is 22.5 Å². The topological polar surface area (TPSA) is 174 Å². The molecule has 390 valence electrons. The second-order valence-corrected chi connectivity index (χ2v) is 22.0. The number of hydroxylamine groups is 2.